The molecule has 4 N–H and O–H groups in total. The Morgan fingerprint density at radius 2 is 2.11 bits per heavy atom. The van der Waals surface area contributed by atoms with E-state index in [9.17, 15) is 9.18 Å². The number of H-pyrrole nitrogens is 2. The summed E-state index contributed by atoms with van der Waals surface area (Å²) in [5.41, 5.74) is 8.86. The second-order valence-electron chi connectivity index (χ2n) is 4.30. The molecule has 2 aliphatic heterocycles. The number of carbonyl (C=O) groups excluding carboxylic acids is 1. The summed E-state index contributed by atoms with van der Waals surface area (Å²) in [6.45, 7) is 0. The number of aromatic amines is 2. The molecule has 1 amide bonds. The zero-order valence-corrected chi connectivity index (χ0v) is 9.90. The molecular formula is C13H11FN4O. The number of hydrogen-bond donors (Lipinski definition) is 3. The Hall–Kier alpha value is -2.63. The van der Waals surface area contributed by atoms with Crippen molar-refractivity contribution in [3.8, 4) is 22.5 Å². The first-order valence-corrected chi connectivity index (χ1v) is 5.72. The van der Waals surface area contributed by atoms with Gasteiger partial charge in [-0.25, -0.2) is 4.39 Å². The monoisotopic (exact) mass is 258 g/mol. The third-order valence-corrected chi connectivity index (χ3v) is 2.99. The Bertz CT molecular complexity index is 715. The number of carbonyl (C=O) groups is 1. The van der Waals surface area contributed by atoms with Crippen molar-refractivity contribution in [1.82, 2.24) is 15.2 Å². The van der Waals surface area contributed by atoms with E-state index in [0.29, 0.717) is 16.8 Å². The fraction of sp³-hybridized carbons (Fsp3) is 0.0769. The molecule has 0 unspecified atom stereocenters. The lowest BCUT2D eigenvalue weighted by Gasteiger charge is -2.07. The zero-order valence-electron chi connectivity index (χ0n) is 9.90. The van der Waals surface area contributed by atoms with Crippen LogP contribution in [0.25, 0.3) is 22.5 Å². The minimum atomic E-state index is -0.458. The highest BCUT2D eigenvalue weighted by molar-refractivity contribution is 5.85. The number of amides is 1. The van der Waals surface area contributed by atoms with Crippen LogP contribution in [-0.2, 0) is 11.2 Å². The van der Waals surface area contributed by atoms with Gasteiger partial charge in [-0.05, 0) is 17.7 Å². The Morgan fingerprint density at radius 1 is 1.26 bits per heavy atom. The molecule has 0 atom stereocenters. The number of benzene rings is 1. The number of nitrogens with zero attached hydrogens (tertiary/aromatic N) is 1. The molecule has 96 valence electrons. The first-order valence-electron chi connectivity index (χ1n) is 5.72. The van der Waals surface area contributed by atoms with Crippen molar-refractivity contribution in [3.05, 3.63) is 42.0 Å². The Balaban J connectivity index is 2.16. The largest absolute Gasteiger partial charge is 0.369 e. The van der Waals surface area contributed by atoms with E-state index < -0.39 is 5.91 Å². The van der Waals surface area contributed by atoms with E-state index in [-0.39, 0.29) is 12.2 Å². The van der Waals surface area contributed by atoms with Gasteiger partial charge in [-0.1, -0.05) is 6.07 Å². The minimum absolute atomic E-state index is 0.0598. The molecular weight excluding hydrogens is 247 g/mol. The SMILES string of the molecule is NC(=O)Cc1ccc(F)cc1-c1[nH][nH]c2cncc1-2. The number of primary amides is 1. The molecule has 1 aromatic carbocycles. The van der Waals surface area contributed by atoms with Crippen LogP contribution in [0.5, 0.6) is 0 Å². The van der Waals surface area contributed by atoms with Gasteiger partial charge in [0.2, 0.25) is 5.91 Å². The highest BCUT2D eigenvalue weighted by Gasteiger charge is 2.17. The number of hydrogen-bond acceptors (Lipinski definition) is 2. The van der Waals surface area contributed by atoms with E-state index in [0.717, 1.165) is 11.3 Å². The second kappa shape index (κ2) is 4.24. The van der Waals surface area contributed by atoms with Crippen molar-refractivity contribution in [3.63, 3.8) is 0 Å². The van der Waals surface area contributed by atoms with Gasteiger partial charge in [-0.15, -0.1) is 0 Å². The van der Waals surface area contributed by atoms with E-state index in [4.69, 9.17) is 5.73 Å². The third-order valence-electron chi connectivity index (χ3n) is 2.99. The van der Waals surface area contributed by atoms with Crippen LogP contribution in [0.15, 0.2) is 30.6 Å². The van der Waals surface area contributed by atoms with Crippen molar-refractivity contribution in [1.29, 1.82) is 0 Å². The van der Waals surface area contributed by atoms with Gasteiger partial charge in [0.1, 0.15) is 5.82 Å². The number of aromatic nitrogens is 3. The molecule has 0 bridgehead atoms. The molecule has 1 aromatic rings. The van der Waals surface area contributed by atoms with Gasteiger partial charge >= 0.3 is 0 Å². The van der Waals surface area contributed by atoms with Gasteiger partial charge < -0.3 is 5.73 Å². The molecule has 0 aliphatic carbocycles. The number of fused-ring (bicyclic) bond motifs is 1. The molecule has 0 aromatic heterocycles. The average molecular weight is 258 g/mol. The topological polar surface area (TPSA) is 87.6 Å². The molecule has 0 fully saturated rings. The van der Waals surface area contributed by atoms with Crippen LogP contribution in [-0.4, -0.2) is 21.1 Å². The van der Waals surface area contributed by atoms with Crippen LogP contribution in [0.1, 0.15) is 5.56 Å². The predicted molar refractivity (Wildman–Crippen MR) is 67.9 cm³/mol. The summed E-state index contributed by atoms with van der Waals surface area (Å²) in [6.07, 6.45) is 3.41. The van der Waals surface area contributed by atoms with E-state index >= 15 is 0 Å². The van der Waals surface area contributed by atoms with Crippen molar-refractivity contribution < 1.29 is 9.18 Å². The summed E-state index contributed by atoms with van der Waals surface area (Å²) < 4.78 is 13.4. The number of halogens is 1. The number of rotatable bonds is 3. The van der Waals surface area contributed by atoms with Crippen LogP contribution in [0.2, 0.25) is 0 Å². The Morgan fingerprint density at radius 3 is 2.89 bits per heavy atom. The van der Waals surface area contributed by atoms with Crippen LogP contribution in [0.4, 0.5) is 4.39 Å². The maximum absolute atomic E-state index is 13.4. The average Bonchev–Trinajstić information content (AvgIpc) is 2.93. The summed E-state index contributed by atoms with van der Waals surface area (Å²) in [4.78, 5) is 15.1. The molecule has 3 rings (SSSR count). The van der Waals surface area contributed by atoms with Crippen molar-refractivity contribution in [2.45, 2.75) is 6.42 Å². The molecule has 0 radical (unpaired) electrons. The van der Waals surface area contributed by atoms with Gasteiger partial charge in [0, 0.05) is 17.3 Å². The Kier molecular flexibility index (Phi) is 2.56. The summed E-state index contributed by atoms with van der Waals surface area (Å²) in [5, 5.41) is 5.91. The quantitative estimate of drug-likeness (QED) is 0.667. The zero-order chi connectivity index (χ0) is 13.4. The normalized spacial score (nSPS) is 11.0. The van der Waals surface area contributed by atoms with Crippen molar-refractivity contribution in [2.75, 3.05) is 0 Å². The van der Waals surface area contributed by atoms with Crippen LogP contribution in [0, 0.1) is 5.82 Å². The van der Waals surface area contributed by atoms with E-state index in [1.165, 1.54) is 12.1 Å². The molecule has 0 saturated carbocycles. The smallest absolute Gasteiger partial charge is 0.221 e. The molecule has 0 saturated heterocycles. The lowest BCUT2D eigenvalue weighted by molar-refractivity contribution is -0.117. The predicted octanol–water partition coefficient (Wildman–Crippen LogP) is 1.68. The highest BCUT2D eigenvalue weighted by atomic mass is 19.1. The van der Waals surface area contributed by atoms with Crippen molar-refractivity contribution in [2.24, 2.45) is 5.73 Å². The van der Waals surface area contributed by atoms with E-state index in [1.54, 1.807) is 18.5 Å². The van der Waals surface area contributed by atoms with Gasteiger partial charge in [-0.2, -0.15) is 0 Å². The maximum Gasteiger partial charge on any atom is 0.221 e. The van der Waals surface area contributed by atoms with E-state index in [1.807, 2.05) is 0 Å². The lowest BCUT2D eigenvalue weighted by atomic mass is 9.99. The molecule has 6 heteroatoms. The summed E-state index contributed by atoms with van der Waals surface area (Å²) in [6, 6.07) is 4.26. The lowest BCUT2D eigenvalue weighted by Crippen LogP contribution is -2.14. The van der Waals surface area contributed by atoms with Crippen LogP contribution >= 0.6 is 0 Å². The summed E-state index contributed by atoms with van der Waals surface area (Å²) in [5.74, 6) is -0.828. The van der Waals surface area contributed by atoms with Crippen LogP contribution in [0.3, 0.4) is 0 Å². The van der Waals surface area contributed by atoms with E-state index in [2.05, 4.69) is 15.2 Å². The van der Waals surface area contributed by atoms with Gasteiger partial charge in [-0.3, -0.25) is 20.0 Å². The van der Waals surface area contributed by atoms with Gasteiger partial charge in [0.25, 0.3) is 0 Å². The van der Waals surface area contributed by atoms with Gasteiger partial charge in [0.15, 0.2) is 0 Å². The minimum Gasteiger partial charge on any atom is -0.369 e. The fourth-order valence-corrected chi connectivity index (χ4v) is 2.16. The Labute approximate surface area is 108 Å². The third kappa shape index (κ3) is 1.97. The maximum atomic E-state index is 13.4. The summed E-state index contributed by atoms with van der Waals surface area (Å²) >= 11 is 0. The number of nitrogens with one attached hydrogen (secondary N) is 2. The molecule has 19 heavy (non-hydrogen) atoms. The van der Waals surface area contributed by atoms with Crippen LogP contribution < -0.4 is 5.73 Å². The molecule has 5 nitrogen and oxygen atoms in total. The first-order chi connectivity index (χ1) is 9.15. The fourth-order valence-electron chi connectivity index (χ4n) is 2.16. The molecule has 0 spiro atoms. The second-order valence-corrected chi connectivity index (χ2v) is 4.30. The van der Waals surface area contributed by atoms with Gasteiger partial charge in [0.05, 0.1) is 24.0 Å². The highest BCUT2D eigenvalue weighted by Crippen LogP contribution is 2.33. The number of nitrogens with two attached hydrogens (primary N) is 1. The standard InChI is InChI=1S/C13H11FN4O/c14-8-2-1-7(3-12(15)19)9(4-8)13-10-5-16-6-11(10)17-18-13/h1-2,4-6,17-18H,3H2,(H2,15,19). The summed E-state index contributed by atoms with van der Waals surface area (Å²) in [7, 11) is 0. The molecule has 2 aliphatic rings. The first kappa shape index (κ1) is 11.5. The van der Waals surface area contributed by atoms with Crippen molar-refractivity contribution >= 4 is 5.91 Å². The molecule has 2 heterocycles.